The quantitative estimate of drug-likeness (QED) is 0.769. The summed E-state index contributed by atoms with van der Waals surface area (Å²) in [5, 5.41) is 15.1. The molecule has 1 amide bonds. The van der Waals surface area contributed by atoms with Crippen molar-refractivity contribution in [2.75, 3.05) is 14.2 Å². The third-order valence-corrected chi connectivity index (χ3v) is 4.91. The lowest BCUT2D eigenvalue weighted by Crippen LogP contribution is -2.36. The van der Waals surface area contributed by atoms with E-state index >= 15 is 0 Å². The van der Waals surface area contributed by atoms with E-state index in [4.69, 9.17) is 19.8 Å². The fourth-order valence-corrected chi connectivity index (χ4v) is 3.29. The molecule has 1 aliphatic heterocycles. The number of amides is 1. The molecule has 144 valence electrons. The van der Waals surface area contributed by atoms with Crippen LogP contribution in [-0.4, -0.2) is 30.8 Å². The lowest BCUT2D eigenvalue weighted by atomic mass is 9.89. The van der Waals surface area contributed by atoms with Crippen LogP contribution in [0.25, 0.3) is 0 Å². The Morgan fingerprint density at radius 2 is 1.86 bits per heavy atom. The van der Waals surface area contributed by atoms with Crippen molar-refractivity contribution in [1.82, 2.24) is 5.01 Å². The first-order valence-corrected chi connectivity index (χ1v) is 9.19. The maximum atomic E-state index is 12.6. The fraction of sp³-hybridized carbons (Fsp3) is 0.318. The van der Waals surface area contributed by atoms with Gasteiger partial charge in [-0.15, -0.1) is 0 Å². The molecule has 0 aromatic heterocycles. The Bertz CT molecular complexity index is 929. The molecule has 1 heterocycles. The number of benzene rings is 2. The van der Waals surface area contributed by atoms with Gasteiger partial charge in [-0.25, -0.2) is 5.01 Å². The van der Waals surface area contributed by atoms with Crippen LogP contribution in [0.15, 0.2) is 47.6 Å². The van der Waals surface area contributed by atoms with Gasteiger partial charge in [-0.05, 0) is 42.3 Å². The van der Waals surface area contributed by atoms with Crippen molar-refractivity contribution in [3.63, 3.8) is 0 Å². The van der Waals surface area contributed by atoms with Gasteiger partial charge in [0.1, 0.15) is 0 Å². The highest BCUT2D eigenvalue weighted by Crippen LogP contribution is 2.31. The lowest BCUT2D eigenvalue weighted by Gasteiger charge is -2.29. The van der Waals surface area contributed by atoms with E-state index in [2.05, 4.69) is 13.0 Å². The van der Waals surface area contributed by atoms with Crippen LogP contribution >= 0.6 is 0 Å². The number of hydrogen-bond donors (Lipinski definition) is 0. The van der Waals surface area contributed by atoms with Crippen molar-refractivity contribution < 1.29 is 14.3 Å². The minimum atomic E-state index is 0.000404. The maximum absolute atomic E-state index is 12.6. The van der Waals surface area contributed by atoms with Crippen LogP contribution in [0.4, 0.5) is 0 Å². The Morgan fingerprint density at radius 1 is 1.14 bits per heavy atom. The standard InChI is InChI=1S/C22H23N3O3/c1-4-17-12-21(26)25(14-16-7-5-15(13-23)6-8-16)24-22(17)18-9-10-19(27-2)20(11-18)28-3/h5-11,17H,4,12,14H2,1-3H3. The average molecular weight is 377 g/mol. The molecule has 1 atom stereocenters. The van der Waals surface area contributed by atoms with Gasteiger partial charge in [0, 0.05) is 17.9 Å². The van der Waals surface area contributed by atoms with E-state index in [9.17, 15) is 4.79 Å². The minimum absolute atomic E-state index is 0.000404. The fourth-order valence-electron chi connectivity index (χ4n) is 3.29. The largest absolute Gasteiger partial charge is 0.493 e. The van der Waals surface area contributed by atoms with Crippen molar-refractivity contribution in [2.24, 2.45) is 11.0 Å². The predicted octanol–water partition coefficient (Wildman–Crippen LogP) is 3.74. The Hall–Kier alpha value is -3.33. The molecule has 0 N–H and O–H groups in total. The first kappa shape index (κ1) is 19.4. The van der Waals surface area contributed by atoms with Crippen LogP contribution in [0, 0.1) is 17.2 Å². The van der Waals surface area contributed by atoms with Crippen molar-refractivity contribution >= 4 is 11.6 Å². The predicted molar refractivity (Wildman–Crippen MR) is 106 cm³/mol. The van der Waals surface area contributed by atoms with Crippen LogP contribution in [-0.2, 0) is 11.3 Å². The third kappa shape index (κ3) is 3.99. The van der Waals surface area contributed by atoms with E-state index in [0.717, 1.165) is 23.3 Å². The third-order valence-electron chi connectivity index (χ3n) is 4.91. The second-order valence-corrected chi connectivity index (χ2v) is 6.62. The van der Waals surface area contributed by atoms with E-state index in [-0.39, 0.29) is 11.8 Å². The van der Waals surface area contributed by atoms with Crippen molar-refractivity contribution in [3.8, 4) is 17.6 Å². The van der Waals surface area contributed by atoms with E-state index in [1.807, 2.05) is 30.3 Å². The highest BCUT2D eigenvalue weighted by molar-refractivity contribution is 6.06. The van der Waals surface area contributed by atoms with Gasteiger partial charge >= 0.3 is 0 Å². The second kappa shape index (κ2) is 8.57. The van der Waals surface area contributed by atoms with Gasteiger partial charge < -0.3 is 9.47 Å². The number of methoxy groups -OCH3 is 2. The molecule has 0 saturated carbocycles. The van der Waals surface area contributed by atoms with Crippen molar-refractivity contribution in [1.29, 1.82) is 5.26 Å². The highest BCUT2D eigenvalue weighted by Gasteiger charge is 2.29. The summed E-state index contributed by atoms with van der Waals surface area (Å²) >= 11 is 0. The molecular weight excluding hydrogens is 354 g/mol. The monoisotopic (exact) mass is 377 g/mol. The molecule has 0 aliphatic carbocycles. The van der Waals surface area contributed by atoms with Crippen LogP contribution < -0.4 is 9.47 Å². The van der Waals surface area contributed by atoms with Gasteiger partial charge in [-0.3, -0.25) is 4.79 Å². The normalized spacial score (nSPS) is 16.4. The van der Waals surface area contributed by atoms with Gasteiger partial charge in [-0.2, -0.15) is 10.4 Å². The van der Waals surface area contributed by atoms with E-state index < -0.39 is 0 Å². The number of ether oxygens (including phenoxy) is 2. The van der Waals surface area contributed by atoms with Crippen LogP contribution in [0.2, 0.25) is 0 Å². The van der Waals surface area contributed by atoms with E-state index in [0.29, 0.717) is 30.0 Å². The maximum Gasteiger partial charge on any atom is 0.243 e. The molecule has 2 aromatic rings. The Balaban J connectivity index is 1.94. The molecule has 6 nitrogen and oxygen atoms in total. The summed E-state index contributed by atoms with van der Waals surface area (Å²) in [6.07, 6.45) is 1.24. The summed E-state index contributed by atoms with van der Waals surface area (Å²) in [6.45, 7) is 2.43. The zero-order valence-electron chi connectivity index (χ0n) is 16.3. The van der Waals surface area contributed by atoms with E-state index in [1.165, 1.54) is 5.01 Å². The summed E-state index contributed by atoms with van der Waals surface area (Å²) in [7, 11) is 3.20. The molecule has 0 fully saturated rings. The molecule has 6 heteroatoms. The molecule has 3 rings (SSSR count). The highest BCUT2D eigenvalue weighted by atomic mass is 16.5. The lowest BCUT2D eigenvalue weighted by molar-refractivity contribution is -0.133. The Morgan fingerprint density at radius 3 is 2.46 bits per heavy atom. The zero-order valence-corrected chi connectivity index (χ0v) is 16.3. The SMILES string of the molecule is CCC1CC(=O)N(Cc2ccc(C#N)cc2)N=C1c1ccc(OC)c(OC)c1. The Labute approximate surface area is 165 Å². The molecule has 0 bridgehead atoms. The molecule has 0 spiro atoms. The first-order chi connectivity index (χ1) is 13.6. The van der Waals surface area contributed by atoms with Crippen molar-refractivity contribution in [2.45, 2.75) is 26.3 Å². The topological polar surface area (TPSA) is 74.9 Å². The molecule has 2 aromatic carbocycles. The van der Waals surface area contributed by atoms with Gasteiger partial charge in [0.2, 0.25) is 5.91 Å². The summed E-state index contributed by atoms with van der Waals surface area (Å²) in [5.74, 6) is 1.34. The summed E-state index contributed by atoms with van der Waals surface area (Å²) in [6, 6.07) is 15.0. The van der Waals surface area contributed by atoms with Gasteiger partial charge in [0.15, 0.2) is 11.5 Å². The molecular formula is C22H23N3O3. The van der Waals surface area contributed by atoms with Crippen LogP contribution in [0.3, 0.4) is 0 Å². The smallest absolute Gasteiger partial charge is 0.243 e. The number of hydrogen-bond acceptors (Lipinski definition) is 5. The number of nitriles is 1. The molecule has 1 unspecified atom stereocenters. The van der Waals surface area contributed by atoms with Gasteiger partial charge in [-0.1, -0.05) is 19.1 Å². The number of nitrogens with zero attached hydrogens (tertiary/aromatic N) is 3. The number of hydrazone groups is 1. The molecule has 1 aliphatic rings. The number of rotatable bonds is 6. The summed E-state index contributed by atoms with van der Waals surface area (Å²) in [4.78, 5) is 12.6. The molecule has 0 radical (unpaired) electrons. The van der Waals surface area contributed by atoms with Gasteiger partial charge in [0.05, 0.1) is 38.1 Å². The Kier molecular flexibility index (Phi) is 5.95. The van der Waals surface area contributed by atoms with Crippen molar-refractivity contribution in [3.05, 3.63) is 59.2 Å². The zero-order chi connectivity index (χ0) is 20.1. The number of carbonyl (C=O) groups excluding carboxylic acids is 1. The van der Waals surface area contributed by atoms with Crippen LogP contribution in [0.1, 0.15) is 36.5 Å². The summed E-state index contributed by atoms with van der Waals surface area (Å²) in [5.41, 5.74) is 3.31. The molecule has 0 saturated heterocycles. The van der Waals surface area contributed by atoms with Gasteiger partial charge in [0.25, 0.3) is 0 Å². The first-order valence-electron chi connectivity index (χ1n) is 9.19. The van der Waals surface area contributed by atoms with Crippen LogP contribution in [0.5, 0.6) is 11.5 Å². The average Bonchev–Trinajstić information content (AvgIpc) is 2.74. The minimum Gasteiger partial charge on any atom is -0.493 e. The second-order valence-electron chi connectivity index (χ2n) is 6.62. The number of carbonyl (C=O) groups is 1. The van der Waals surface area contributed by atoms with E-state index in [1.54, 1.807) is 26.4 Å². The molecule has 28 heavy (non-hydrogen) atoms. The summed E-state index contributed by atoms with van der Waals surface area (Å²) < 4.78 is 10.7.